The topological polar surface area (TPSA) is 87.0 Å². The summed E-state index contributed by atoms with van der Waals surface area (Å²) in [5, 5.41) is 9.35. The first kappa shape index (κ1) is 15.7. The van der Waals surface area contributed by atoms with Crippen molar-refractivity contribution in [2.24, 2.45) is 0 Å². The molecule has 21 heavy (non-hydrogen) atoms. The number of nitriles is 1. The molecule has 0 atom stereocenters. The maximum atomic E-state index is 12.4. The van der Waals surface area contributed by atoms with Crippen molar-refractivity contribution < 1.29 is 13.2 Å². The second-order valence-corrected chi connectivity index (χ2v) is 7.12. The molecule has 1 N–H and O–H groups in total. The van der Waals surface area contributed by atoms with E-state index in [1.807, 2.05) is 0 Å². The van der Waals surface area contributed by atoms with E-state index in [1.54, 1.807) is 0 Å². The van der Waals surface area contributed by atoms with E-state index in [2.05, 4.69) is 10.8 Å². The summed E-state index contributed by atoms with van der Waals surface area (Å²) >= 11 is 0. The van der Waals surface area contributed by atoms with Crippen LogP contribution in [-0.4, -0.2) is 19.7 Å². The quantitative estimate of drug-likeness (QED) is 0.865. The van der Waals surface area contributed by atoms with E-state index in [0.29, 0.717) is 18.4 Å². The van der Waals surface area contributed by atoms with Crippen LogP contribution >= 0.6 is 0 Å². The van der Waals surface area contributed by atoms with E-state index in [4.69, 9.17) is 0 Å². The average molecular weight is 306 g/mol. The SMILES string of the molecule is CC(=O)c1ccc(S(=O)(=O)NC2(C#N)CCCCC2)cc1. The predicted octanol–water partition coefficient (Wildman–Crippen LogP) is 2.39. The summed E-state index contributed by atoms with van der Waals surface area (Å²) in [5.74, 6) is -0.118. The molecule has 0 spiro atoms. The first-order valence-electron chi connectivity index (χ1n) is 6.95. The first-order chi connectivity index (χ1) is 9.88. The Kier molecular flexibility index (Phi) is 4.45. The molecular formula is C15H18N2O3S. The monoisotopic (exact) mass is 306 g/mol. The van der Waals surface area contributed by atoms with Gasteiger partial charge in [-0.15, -0.1) is 0 Å². The summed E-state index contributed by atoms with van der Waals surface area (Å²) in [5.41, 5.74) is -0.544. The number of ketones is 1. The molecule has 1 fully saturated rings. The third kappa shape index (κ3) is 3.49. The number of rotatable bonds is 4. The molecule has 5 nitrogen and oxygen atoms in total. The number of sulfonamides is 1. The highest BCUT2D eigenvalue weighted by atomic mass is 32.2. The van der Waals surface area contributed by atoms with E-state index in [-0.39, 0.29) is 10.7 Å². The maximum absolute atomic E-state index is 12.4. The zero-order valence-corrected chi connectivity index (χ0v) is 12.7. The predicted molar refractivity (Wildman–Crippen MR) is 78.2 cm³/mol. The lowest BCUT2D eigenvalue weighted by molar-refractivity contribution is 0.101. The molecule has 1 saturated carbocycles. The number of nitrogens with one attached hydrogen (secondary N) is 1. The Labute approximate surface area is 125 Å². The fourth-order valence-corrected chi connectivity index (χ4v) is 3.95. The van der Waals surface area contributed by atoms with Gasteiger partial charge in [-0.05, 0) is 31.9 Å². The second kappa shape index (κ2) is 5.96. The van der Waals surface area contributed by atoms with E-state index >= 15 is 0 Å². The highest BCUT2D eigenvalue weighted by Gasteiger charge is 2.36. The molecule has 1 aliphatic carbocycles. The van der Waals surface area contributed by atoms with Gasteiger partial charge in [0.15, 0.2) is 5.78 Å². The summed E-state index contributed by atoms with van der Waals surface area (Å²) in [6.07, 6.45) is 3.79. The zero-order valence-electron chi connectivity index (χ0n) is 11.9. The summed E-state index contributed by atoms with van der Waals surface area (Å²) in [6.45, 7) is 1.43. The smallest absolute Gasteiger partial charge is 0.241 e. The van der Waals surface area contributed by atoms with Gasteiger partial charge >= 0.3 is 0 Å². The van der Waals surface area contributed by atoms with Crippen molar-refractivity contribution in [3.05, 3.63) is 29.8 Å². The van der Waals surface area contributed by atoms with Crippen LogP contribution in [0.4, 0.5) is 0 Å². The molecule has 6 heteroatoms. The number of benzene rings is 1. The molecule has 0 heterocycles. The fraction of sp³-hybridized carbons (Fsp3) is 0.467. The third-order valence-corrected chi connectivity index (χ3v) is 5.37. The molecule has 0 bridgehead atoms. The highest BCUT2D eigenvalue weighted by Crippen LogP contribution is 2.29. The van der Waals surface area contributed by atoms with Gasteiger partial charge < -0.3 is 0 Å². The van der Waals surface area contributed by atoms with Gasteiger partial charge in [-0.25, -0.2) is 8.42 Å². The maximum Gasteiger partial charge on any atom is 0.241 e. The summed E-state index contributed by atoms with van der Waals surface area (Å²) in [6, 6.07) is 7.89. The molecule has 0 aromatic heterocycles. The lowest BCUT2D eigenvalue weighted by atomic mass is 9.84. The van der Waals surface area contributed by atoms with E-state index in [0.717, 1.165) is 19.3 Å². The van der Waals surface area contributed by atoms with Crippen LogP contribution in [0.25, 0.3) is 0 Å². The van der Waals surface area contributed by atoms with Gasteiger partial charge in [0.05, 0.1) is 11.0 Å². The van der Waals surface area contributed by atoms with Gasteiger partial charge in [-0.1, -0.05) is 31.4 Å². The lowest BCUT2D eigenvalue weighted by Crippen LogP contribution is -2.48. The van der Waals surface area contributed by atoms with Crippen LogP contribution in [0.2, 0.25) is 0 Å². The molecule has 0 aliphatic heterocycles. The average Bonchev–Trinajstić information content (AvgIpc) is 2.48. The van der Waals surface area contributed by atoms with Crippen molar-refractivity contribution in [1.82, 2.24) is 4.72 Å². The molecule has 2 rings (SSSR count). The van der Waals surface area contributed by atoms with Crippen LogP contribution in [-0.2, 0) is 10.0 Å². The van der Waals surface area contributed by atoms with E-state index < -0.39 is 15.6 Å². The highest BCUT2D eigenvalue weighted by molar-refractivity contribution is 7.89. The summed E-state index contributed by atoms with van der Waals surface area (Å²) in [4.78, 5) is 11.3. The van der Waals surface area contributed by atoms with Crippen molar-refractivity contribution in [2.45, 2.75) is 49.5 Å². The minimum atomic E-state index is -3.76. The van der Waals surface area contributed by atoms with Crippen LogP contribution in [0.1, 0.15) is 49.4 Å². The Morgan fingerprint density at radius 1 is 1.19 bits per heavy atom. The molecule has 0 saturated heterocycles. The number of hydrogen-bond donors (Lipinski definition) is 1. The molecule has 0 amide bonds. The molecule has 0 radical (unpaired) electrons. The van der Waals surface area contributed by atoms with Crippen molar-refractivity contribution in [2.75, 3.05) is 0 Å². The number of nitrogens with zero attached hydrogens (tertiary/aromatic N) is 1. The van der Waals surface area contributed by atoms with Crippen LogP contribution in [0.5, 0.6) is 0 Å². The van der Waals surface area contributed by atoms with Gasteiger partial charge in [0, 0.05) is 5.56 Å². The Morgan fingerprint density at radius 3 is 2.24 bits per heavy atom. The van der Waals surface area contributed by atoms with Gasteiger partial charge in [-0.2, -0.15) is 9.98 Å². The van der Waals surface area contributed by atoms with Crippen LogP contribution in [0, 0.1) is 11.3 Å². The molecular weight excluding hydrogens is 288 g/mol. The zero-order chi connectivity index (χ0) is 15.5. The van der Waals surface area contributed by atoms with Crippen molar-refractivity contribution >= 4 is 15.8 Å². The summed E-state index contributed by atoms with van der Waals surface area (Å²) < 4.78 is 27.3. The van der Waals surface area contributed by atoms with Crippen molar-refractivity contribution in [3.8, 4) is 6.07 Å². The number of hydrogen-bond acceptors (Lipinski definition) is 4. The van der Waals surface area contributed by atoms with Crippen LogP contribution in [0.15, 0.2) is 29.2 Å². The van der Waals surface area contributed by atoms with Crippen molar-refractivity contribution in [3.63, 3.8) is 0 Å². The minimum Gasteiger partial charge on any atom is -0.295 e. The van der Waals surface area contributed by atoms with Gasteiger partial charge in [0.1, 0.15) is 5.54 Å². The summed E-state index contributed by atoms with van der Waals surface area (Å²) in [7, 11) is -3.76. The van der Waals surface area contributed by atoms with Crippen molar-refractivity contribution in [1.29, 1.82) is 5.26 Å². The van der Waals surface area contributed by atoms with Gasteiger partial charge in [0.2, 0.25) is 10.0 Å². The Morgan fingerprint density at radius 2 is 1.76 bits per heavy atom. The van der Waals surface area contributed by atoms with Crippen LogP contribution in [0.3, 0.4) is 0 Å². The Hall–Kier alpha value is -1.71. The van der Waals surface area contributed by atoms with E-state index in [1.165, 1.54) is 31.2 Å². The van der Waals surface area contributed by atoms with Crippen LogP contribution < -0.4 is 4.72 Å². The largest absolute Gasteiger partial charge is 0.295 e. The number of carbonyl (C=O) groups excluding carboxylic acids is 1. The first-order valence-corrected chi connectivity index (χ1v) is 8.43. The molecule has 1 aromatic carbocycles. The molecule has 112 valence electrons. The number of carbonyl (C=O) groups is 1. The van der Waals surface area contributed by atoms with E-state index in [9.17, 15) is 18.5 Å². The minimum absolute atomic E-state index is 0.0766. The van der Waals surface area contributed by atoms with Gasteiger partial charge in [0.25, 0.3) is 0 Å². The standard InChI is InChI=1S/C15H18N2O3S/c1-12(18)13-5-7-14(8-6-13)21(19,20)17-15(11-16)9-3-2-4-10-15/h5-8,17H,2-4,9-10H2,1H3. The third-order valence-electron chi connectivity index (χ3n) is 3.82. The second-order valence-electron chi connectivity index (χ2n) is 5.44. The Bertz CT molecular complexity index is 666. The molecule has 1 aromatic rings. The lowest BCUT2D eigenvalue weighted by Gasteiger charge is -2.31. The Balaban J connectivity index is 2.25. The molecule has 1 aliphatic rings. The normalized spacial score (nSPS) is 17.9. The van der Waals surface area contributed by atoms with Gasteiger partial charge in [-0.3, -0.25) is 4.79 Å². The number of Topliss-reactive ketones (excluding diaryl/α,β-unsaturated/α-hetero) is 1. The molecule has 0 unspecified atom stereocenters. The fourth-order valence-electron chi connectivity index (χ4n) is 2.58.